The van der Waals surface area contributed by atoms with E-state index in [-0.39, 0.29) is 28.3 Å². The highest BCUT2D eigenvalue weighted by Gasteiger charge is 2.26. The smallest absolute Gasteiger partial charge is 0.278 e. The minimum atomic E-state index is -3.59. The van der Waals surface area contributed by atoms with Gasteiger partial charge in [0.1, 0.15) is 5.52 Å². The fourth-order valence-corrected chi connectivity index (χ4v) is 5.14. The van der Waals surface area contributed by atoms with E-state index in [9.17, 15) is 13.2 Å². The number of nitrogens with zero attached hydrogens (tertiary/aromatic N) is 5. The van der Waals surface area contributed by atoms with Gasteiger partial charge < -0.3 is 14.5 Å². The Kier molecular flexibility index (Phi) is 6.16. The van der Waals surface area contributed by atoms with Gasteiger partial charge in [-0.2, -0.15) is 9.40 Å². The second kappa shape index (κ2) is 9.41. The fraction of sp³-hybridized carbons (Fsp3) is 0.217. The predicted molar refractivity (Wildman–Crippen MR) is 129 cm³/mol. The molecule has 4 heterocycles. The summed E-state index contributed by atoms with van der Waals surface area (Å²) in [5, 5.41) is 7.74. The molecule has 1 aromatic carbocycles. The third-order valence-corrected chi connectivity index (χ3v) is 7.39. The molecule has 0 bridgehead atoms. The maximum absolute atomic E-state index is 12.8. The molecule has 0 saturated carbocycles. The van der Waals surface area contributed by atoms with E-state index < -0.39 is 10.0 Å². The van der Waals surface area contributed by atoms with E-state index in [4.69, 9.17) is 9.15 Å². The molecule has 0 spiro atoms. The van der Waals surface area contributed by atoms with E-state index in [1.54, 1.807) is 30.3 Å². The highest BCUT2D eigenvalue weighted by molar-refractivity contribution is 7.89. The van der Waals surface area contributed by atoms with Crippen molar-refractivity contribution >= 4 is 32.6 Å². The van der Waals surface area contributed by atoms with Gasteiger partial charge in [-0.05, 0) is 36.4 Å². The molecule has 1 N–H and O–H groups in total. The Morgan fingerprint density at radius 2 is 1.91 bits per heavy atom. The molecule has 1 fully saturated rings. The van der Waals surface area contributed by atoms with Crippen LogP contribution < -0.4 is 10.9 Å². The molecule has 11 nitrogen and oxygen atoms in total. The molecule has 0 radical (unpaired) electrons. The topological polar surface area (TPSA) is 132 Å². The van der Waals surface area contributed by atoms with Crippen molar-refractivity contribution in [2.45, 2.75) is 11.4 Å². The van der Waals surface area contributed by atoms with Crippen LogP contribution in [0.4, 0.5) is 11.6 Å². The third-order valence-electron chi connectivity index (χ3n) is 5.47. The quantitative estimate of drug-likeness (QED) is 0.385. The number of allylic oxidation sites excluding steroid dienone is 1. The normalized spacial score (nSPS) is 14.7. The van der Waals surface area contributed by atoms with Crippen LogP contribution in [-0.4, -0.2) is 58.8 Å². The molecule has 0 aliphatic carbocycles. The SMILES string of the molecule is C=CCn1nc(-c2ccco2)c2nc(Nc3ccc(S(=O)(=O)N4CCOCC4)cc3)ncc2c1=O. The van der Waals surface area contributed by atoms with Crippen molar-refractivity contribution in [3.63, 3.8) is 0 Å². The van der Waals surface area contributed by atoms with E-state index in [1.165, 1.54) is 33.6 Å². The molecule has 4 aromatic rings. The van der Waals surface area contributed by atoms with Crippen LogP contribution in [0.2, 0.25) is 0 Å². The number of rotatable bonds is 7. The molecule has 35 heavy (non-hydrogen) atoms. The highest BCUT2D eigenvalue weighted by Crippen LogP contribution is 2.25. The van der Waals surface area contributed by atoms with Crippen LogP contribution in [0.5, 0.6) is 0 Å². The van der Waals surface area contributed by atoms with E-state index in [2.05, 4.69) is 27.0 Å². The van der Waals surface area contributed by atoms with Crippen LogP contribution in [0, 0.1) is 0 Å². The predicted octanol–water partition coefficient (Wildman–Crippen LogP) is 2.40. The molecule has 5 rings (SSSR count). The first-order chi connectivity index (χ1) is 17.0. The van der Waals surface area contributed by atoms with Crippen LogP contribution in [-0.2, 0) is 21.3 Å². The minimum absolute atomic E-state index is 0.191. The molecule has 3 aromatic heterocycles. The maximum atomic E-state index is 12.8. The molecule has 0 amide bonds. The Morgan fingerprint density at radius 3 is 2.60 bits per heavy atom. The number of ether oxygens (including phenoxy) is 1. The number of nitrogens with one attached hydrogen (secondary N) is 1. The molecular formula is C23H22N6O5S. The van der Waals surface area contributed by atoms with Crippen LogP contribution in [0.15, 0.2) is 75.6 Å². The van der Waals surface area contributed by atoms with Gasteiger partial charge in [0.15, 0.2) is 11.5 Å². The first-order valence-electron chi connectivity index (χ1n) is 10.8. The number of hydrogen-bond donors (Lipinski definition) is 1. The van der Waals surface area contributed by atoms with E-state index in [0.717, 1.165) is 0 Å². The molecule has 1 saturated heterocycles. The Bertz CT molecular complexity index is 1530. The lowest BCUT2D eigenvalue weighted by Gasteiger charge is -2.26. The Balaban J connectivity index is 1.47. The van der Waals surface area contributed by atoms with Gasteiger partial charge in [0.05, 0.1) is 36.3 Å². The van der Waals surface area contributed by atoms with Crippen molar-refractivity contribution in [2.24, 2.45) is 0 Å². The minimum Gasteiger partial charge on any atom is -0.463 e. The average molecular weight is 495 g/mol. The Hall–Kier alpha value is -3.87. The summed E-state index contributed by atoms with van der Waals surface area (Å²) in [6, 6.07) is 9.77. The van der Waals surface area contributed by atoms with Crippen LogP contribution >= 0.6 is 0 Å². The lowest BCUT2D eigenvalue weighted by atomic mass is 10.2. The summed E-state index contributed by atoms with van der Waals surface area (Å²) in [4.78, 5) is 21.8. The number of morpholine rings is 1. The Labute approximate surface area is 200 Å². The average Bonchev–Trinajstić information content (AvgIpc) is 3.41. The molecule has 1 aliphatic heterocycles. The van der Waals surface area contributed by atoms with E-state index >= 15 is 0 Å². The standard InChI is InChI=1S/C23H22N6O5S/c1-2-9-29-22(30)18-15-24-23(26-20(18)21(27-29)19-4-3-12-34-19)25-16-5-7-17(8-6-16)35(31,32)28-10-13-33-14-11-28/h2-8,12,15H,1,9-11,13-14H2,(H,24,25,26). The number of anilines is 2. The number of sulfonamides is 1. The fourth-order valence-electron chi connectivity index (χ4n) is 3.73. The Morgan fingerprint density at radius 1 is 1.14 bits per heavy atom. The maximum Gasteiger partial charge on any atom is 0.278 e. The summed E-state index contributed by atoms with van der Waals surface area (Å²) in [5.41, 5.74) is 0.954. The van der Waals surface area contributed by atoms with Gasteiger partial charge in [-0.3, -0.25) is 4.79 Å². The number of hydrogen-bond acceptors (Lipinski definition) is 9. The second-order valence-corrected chi connectivity index (χ2v) is 9.66. The molecule has 0 unspecified atom stereocenters. The van der Waals surface area contributed by atoms with Gasteiger partial charge in [-0.1, -0.05) is 6.08 Å². The first-order valence-corrected chi connectivity index (χ1v) is 12.3. The highest BCUT2D eigenvalue weighted by atomic mass is 32.2. The zero-order chi connectivity index (χ0) is 24.4. The van der Waals surface area contributed by atoms with Crippen molar-refractivity contribution in [3.8, 4) is 11.5 Å². The summed E-state index contributed by atoms with van der Waals surface area (Å²) in [5.74, 6) is 0.673. The number of benzene rings is 1. The van der Waals surface area contributed by atoms with Gasteiger partial charge in [0.2, 0.25) is 16.0 Å². The zero-order valence-corrected chi connectivity index (χ0v) is 19.4. The lowest BCUT2D eigenvalue weighted by molar-refractivity contribution is 0.0730. The van der Waals surface area contributed by atoms with Crippen molar-refractivity contribution in [1.82, 2.24) is 24.1 Å². The second-order valence-electron chi connectivity index (χ2n) is 7.72. The van der Waals surface area contributed by atoms with Crippen molar-refractivity contribution in [1.29, 1.82) is 0 Å². The molecular weight excluding hydrogens is 472 g/mol. The summed E-state index contributed by atoms with van der Waals surface area (Å²) in [6.07, 6.45) is 4.52. The van der Waals surface area contributed by atoms with Crippen molar-refractivity contribution < 1.29 is 17.6 Å². The number of fused-ring (bicyclic) bond motifs is 1. The van der Waals surface area contributed by atoms with Gasteiger partial charge in [-0.15, -0.1) is 6.58 Å². The first kappa shape index (κ1) is 22.9. The van der Waals surface area contributed by atoms with Crippen LogP contribution in [0.1, 0.15) is 0 Å². The third kappa shape index (κ3) is 4.46. The van der Waals surface area contributed by atoms with Gasteiger partial charge in [0, 0.05) is 25.0 Å². The summed E-state index contributed by atoms with van der Waals surface area (Å²) < 4.78 is 39.1. The molecule has 0 atom stereocenters. The van der Waals surface area contributed by atoms with Crippen molar-refractivity contribution in [3.05, 3.63) is 71.9 Å². The summed E-state index contributed by atoms with van der Waals surface area (Å²) in [6.45, 7) is 5.31. The number of aromatic nitrogens is 4. The van der Waals surface area contributed by atoms with Crippen LogP contribution in [0.25, 0.3) is 22.4 Å². The van der Waals surface area contributed by atoms with Gasteiger partial charge in [-0.25, -0.2) is 23.1 Å². The van der Waals surface area contributed by atoms with Gasteiger partial charge in [0.25, 0.3) is 5.56 Å². The summed E-state index contributed by atoms with van der Waals surface area (Å²) >= 11 is 0. The van der Waals surface area contributed by atoms with E-state index in [0.29, 0.717) is 49.0 Å². The zero-order valence-electron chi connectivity index (χ0n) is 18.6. The molecule has 1 aliphatic rings. The van der Waals surface area contributed by atoms with Gasteiger partial charge >= 0.3 is 0 Å². The molecule has 180 valence electrons. The van der Waals surface area contributed by atoms with Crippen molar-refractivity contribution in [2.75, 3.05) is 31.6 Å². The largest absolute Gasteiger partial charge is 0.463 e. The lowest BCUT2D eigenvalue weighted by Crippen LogP contribution is -2.40. The van der Waals surface area contributed by atoms with Crippen LogP contribution in [0.3, 0.4) is 0 Å². The summed E-state index contributed by atoms with van der Waals surface area (Å²) in [7, 11) is -3.59. The number of furan rings is 1. The van der Waals surface area contributed by atoms with E-state index in [1.807, 2.05) is 0 Å². The monoisotopic (exact) mass is 494 g/mol. The molecule has 12 heteroatoms.